The molecule has 1 atom stereocenters. The predicted molar refractivity (Wildman–Crippen MR) is 139 cm³/mol. The Kier molecular flexibility index (Phi) is 6.75. The second kappa shape index (κ2) is 10.1. The molecule has 2 fully saturated rings. The maximum Gasteiger partial charge on any atom is 0.267 e. The fourth-order valence-corrected chi connectivity index (χ4v) is 5.37. The first kappa shape index (κ1) is 22.8. The Morgan fingerprint density at radius 2 is 2.00 bits per heavy atom. The van der Waals surface area contributed by atoms with Crippen LogP contribution in [-0.2, 0) is 16.0 Å². The SMILES string of the molecule is O=C1/C(=C\c2c(NCCc3ccccc3)nc3ccccn3c2=O)SC(=S)N1CC1CCCO1. The summed E-state index contributed by atoms with van der Waals surface area (Å²) in [5.74, 6) is 0.259. The molecule has 0 saturated carbocycles. The normalized spacial score (nSPS) is 19.5. The van der Waals surface area contributed by atoms with Crippen molar-refractivity contribution in [1.29, 1.82) is 0 Å². The Morgan fingerprint density at radius 3 is 2.79 bits per heavy atom. The minimum Gasteiger partial charge on any atom is -0.376 e. The molecule has 34 heavy (non-hydrogen) atoms. The number of carbonyl (C=O) groups excluding carboxylic acids is 1. The lowest BCUT2D eigenvalue weighted by atomic mass is 10.1. The van der Waals surface area contributed by atoms with Crippen molar-refractivity contribution in [3.05, 3.63) is 81.1 Å². The lowest BCUT2D eigenvalue weighted by Gasteiger charge is -2.18. The maximum atomic E-state index is 13.4. The van der Waals surface area contributed by atoms with Gasteiger partial charge >= 0.3 is 0 Å². The molecule has 2 saturated heterocycles. The van der Waals surface area contributed by atoms with E-state index in [1.54, 1.807) is 29.3 Å². The van der Waals surface area contributed by atoms with E-state index in [0.29, 0.717) is 46.0 Å². The van der Waals surface area contributed by atoms with Crippen LogP contribution in [0.15, 0.2) is 64.4 Å². The van der Waals surface area contributed by atoms with E-state index in [4.69, 9.17) is 17.0 Å². The van der Waals surface area contributed by atoms with E-state index in [1.165, 1.54) is 21.7 Å². The highest BCUT2D eigenvalue weighted by atomic mass is 32.2. The van der Waals surface area contributed by atoms with Gasteiger partial charge in [0, 0.05) is 19.3 Å². The number of nitrogens with zero attached hydrogens (tertiary/aromatic N) is 3. The van der Waals surface area contributed by atoms with Crippen molar-refractivity contribution in [2.24, 2.45) is 0 Å². The van der Waals surface area contributed by atoms with Crippen molar-refractivity contribution in [3.8, 4) is 0 Å². The van der Waals surface area contributed by atoms with Gasteiger partial charge in [-0.3, -0.25) is 18.9 Å². The first-order valence-electron chi connectivity index (χ1n) is 11.3. The van der Waals surface area contributed by atoms with Crippen LogP contribution in [0, 0.1) is 0 Å². The number of amides is 1. The molecule has 2 aromatic heterocycles. The number of pyridine rings is 1. The van der Waals surface area contributed by atoms with E-state index in [0.717, 1.165) is 19.3 Å². The van der Waals surface area contributed by atoms with Crippen LogP contribution in [0.2, 0.25) is 0 Å². The largest absolute Gasteiger partial charge is 0.376 e. The van der Waals surface area contributed by atoms with Gasteiger partial charge in [0.1, 0.15) is 15.8 Å². The number of fused-ring (bicyclic) bond motifs is 1. The average molecular weight is 493 g/mol. The molecule has 0 spiro atoms. The third kappa shape index (κ3) is 4.77. The van der Waals surface area contributed by atoms with Crippen LogP contribution in [0.1, 0.15) is 24.0 Å². The molecule has 9 heteroatoms. The number of hydrogen-bond donors (Lipinski definition) is 1. The summed E-state index contributed by atoms with van der Waals surface area (Å²) in [6.07, 6.45) is 5.99. The summed E-state index contributed by atoms with van der Waals surface area (Å²) in [6.45, 7) is 1.76. The van der Waals surface area contributed by atoms with Gasteiger partial charge in [-0.2, -0.15) is 0 Å². The molecular weight excluding hydrogens is 468 g/mol. The van der Waals surface area contributed by atoms with Gasteiger partial charge in [0.25, 0.3) is 11.5 Å². The number of benzene rings is 1. The minimum absolute atomic E-state index is 0.00465. The van der Waals surface area contributed by atoms with Gasteiger partial charge in [-0.15, -0.1) is 0 Å². The highest BCUT2D eigenvalue weighted by Crippen LogP contribution is 2.34. The summed E-state index contributed by atoms with van der Waals surface area (Å²) in [5, 5.41) is 3.31. The molecule has 5 rings (SSSR count). The molecule has 1 aromatic carbocycles. The monoisotopic (exact) mass is 492 g/mol. The second-order valence-corrected chi connectivity index (χ2v) is 9.87. The predicted octanol–water partition coefficient (Wildman–Crippen LogP) is 3.73. The van der Waals surface area contributed by atoms with Gasteiger partial charge in [-0.25, -0.2) is 4.98 Å². The average Bonchev–Trinajstić information content (AvgIpc) is 3.46. The molecule has 2 aliphatic heterocycles. The molecular formula is C25H24N4O3S2. The molecule has 2 aliphatic rings. The Labute approximate surface area is 206 Å². The van der Waals surface area contributed by atoms with E-state index in [9.17, 15) is 9.59 Å². The van der Waals surface area contributed by atoms with Gasteiger partial charge in [0.05, 0.1) is 23.1 Å². The summed E-state index contributed by atoms with van der Waals surface area (Å²) >= 11 is 6.68. The second-order valence-electron chi connectivity index (χ2n) is 8.20. The van der Waals surface area contributed by atoms with Crippen LogP contribution in [0.3, 0.4) is 0 Å². The van der Waals surface area contributed by atoms with E-state index in [1.807, 2.05) is 24.3 Å². The topological polar surface area (TPSA) is 75.9 Å². The summed E-state index contributed by atoms with van der Waals surface area (Å²) in [7, 11) is 0. The number of aromatic nitrogens is 2. The van der Waals surface area contributed by atoms with E-state index in [-0.39, 0.29) is 17.6 Å². The van der Waals surface area contributed by atoms with E-state index >= 15 is 0 Å². The van der Waals surface area contributed by atoms with Crippen LogP contribution in [0.4, 0.5) is 5.82 Å². The van der Waals surface area contributed by atoms with E-state index < -0.39 is 0 Å². The molecule has 0 bridgehead atoms. The Morgan fingerprint density at radius 1 is 1.18 bits per heavy atom. The molecule has 0 aliphatic carbocycles. The van der Waals surface area contributed by atoms with Crippen molar-refractivity contribution in [3.63, 3.8) is 0 Å². The number of anilines is 1. The van der Waals surface area contributed by atoms with Gasteiger partial charge in [-0.1, -0.05) is 60.4 Å². The number of hydrogen-bond acceptors (Lipinski definition) is 7. The fraction of sp³-hybridized carbons (Fsp3) is 0.280. The zero-order valence-corrected chi connectivity index (χ0v) is 20.1. The smallest absolute Gasteiger partial charge is 0.267 e. The molecule has 4 heterocycles. The third-order valence-corrected chi connectivity index (χ3v) is 7.25. The van der Waals surface area contributed by atoms with Crippen molar-refractivity contribution in [2.75, 3.05) is 25.0 Å². The highest BCUT2D eigenvalue weighted by Gasteiger charge is 2.35. The molecule has 0 radical (unpaired) electrons. The lowest BCUT2D eigenvalue weighted by Crippen LogP contribution is -2.35. The fourth-order valence-electron chi connectivity index (χ4n) is 4.12. The zero-order valence-electron chi connectivity index (χ0n) is 18.5. The van der Waals surface area contributed by atoms with Gasteiger partial charge in [0.15, 0.2) is 0 Å². The quantitative estimate of drug-likeness (QED) is 0.398. The molecule has 174 valence electrons. The van der Waals surface area contributed by atoms with Crippen LogP contribution < -0.4 is 10.9 Å². The van der Waals surface area contributed by atoms with Crippen molar-refractivity contribution in [2.45, 2.75) is 25.4 Å². The standard InChI is InChI=1S/C25H24N4O3S2/c30-23-19(15-20-24(31)29(25(33)34-20)16-18-9-6-14-32-18)22(27-21-10-4-5-13-28(21)23)26-12-11-17-7-2-1-3-8-17/h1-5,7-8,10,13,15,18,26H,6,9,11-12,14,16H2/b20-15+. The van der Waals surface area contributed by atoms with Crippen molar-refractivity contribution >= 4 is 51.7 Å². The zero-order chi connectivity index (χ0) is 23.5. The number of thioether (sulfide) groups is 1. The molecule has 7 nitrogen and oxygen atoms in total. The summed E-state index contributed by atoms with van der Waals surface area (Å²) in [4.78, 5) is 33.2. The van der Waals surface area contributed by atoms with Crippen LogP contribution >= 0.6 is 24.0 Å². The number of rotatable bonds is 7. The Balaban J connectivity index is 1.45. The Hall–Kier alpha value is -3.01. The van der Waals surface area contributed by atoms with Gasteiger partial charge in [0.2, 0.25) is 0 Å². The number of carbonyl (C=O) groups is 1. The van der Waals surface area contributed by atoms with Gasteiger partial charge in [-0.05, 0) is 43.0 Å². The number of nitrogens with one attached hydrogen (secondary N) is 1. The lowest BCUT2D eigenvalue weighted by molar-refractivity contribution is -0.123. The summed E-state index contributed by atoms with van der Waals surface area (Å²) in [5.41, 5.74) is 1.83. The van der Waals surface area contributed by atoms with Crippen LogP contribution in [0.5, 0.6) is 0 Å². The first-order valence-corrected chi connectivity index (χ1v) is 12.5. The molecule has 1 unspecified atom stereocenters. The summed E-state index contributed by atoms with van der Waals surface area (Å²) < 4.78 is 7.65. The third-order valence-electron chi connectivity index (χ3n) is 5.88. The van der Waals surface area contributed by atoms with Crippen molar-refractivity contribution in [1.82, 2.24) is 14.3 Å². The van der Waals surface area contributed by atoms with Crippen molar-refractivity contribution < 1.29 is 9.53 Å². The molecule has 1 amide bonds. The van der Waals surface area contributed by atoms with Crippen LogP contribution in [0.25, 0.3) is 11.7 Å². The maximum absolute atomic E-state index is 13.4. The minimum atomic E-state index is -0.239. The molecule has 1 N–H and O–H groups in total. The molecule has 3 aromatic rings. The first-order chi connectivity index (χ1) is 16.6. The highest BCUT2D eigenvalue weighted by molar-refractivity contribution is 8.26. The Bertz CT molecular complexity index is 1320. The van der Waals surface area contributed by atoms with Crippen LogP contribution in [-0.4, -0.2) is 50.3 Å². The number of thiocarbonyl (C=S) groups is 1. The van der Waals surface area contributed by atoms with E-state index in [2.05, 4.69) is 22.4 Å². The summed E-state index contributed by atoms with van der Waals surface area (Å²) in [6, 6.07) is 15.5. The van der Waals surface area contributed by atoms with Gasteiger partial charge < -0.3 is 10.1 Å². The number of ether oxygens (including phenoxy) is 1.